The molecule has 8 bridgehead atoms. The van der Waals surface area contributed by atoms with Crippen molar-refractivity contribution < 1.29 is 32.8 Å². The van der Waals surface area contributed by atoms with Crippen LogP contribution in [0.1, 0.15) is 40.0 Å². The molecule has 1 atom stereocenters. The van der Waals surface area contributed by atoms with E-state index >= 15 is 0 Å². The summed E-state index contributed by atoms with van der Waals surface area (Å²) in [6, 6.07) is 50.4. The molecule has 0 N–H and O–H groups in total. The monoisotopic (exact) mass is 941 g/mol. The van der Waals surface area contributed by atoms with Gasteiger partial charge in [-0.05, 0) is 99.5 Å². The Labute approximate surface area is 400 Å². The number of rotatable bonds is 11. The SMILES string of the molecule is C=CC(=C)CC(c1cc(-c2c3nc(c(-c4ccccc4)c4ccc([n-]4)c(-c4ccccc4)c4nc(c(-c5ccccc5)c5ccc2[n-]5)C=C4)C=C3)ccc1[N+](=O)[O-])S(=O)(=O)c1ccccc1.[Zn+2]. The second kappa shape index (κ2) is 18.6. The summed E-state index contributed by atoms with van der Waals surface area (Å²) < 4.78 is 29.2. The Morgan fingerprint density at radius 2 is 0.940 bits per heavy atom. The second-order valence-electron chi connectivity index (χ2n) is 15.9. The maximum atomic E-state index is 14.6. The predicted octanol–water partition coefficient (Wildman–Crippen LogP) is 13.1. The van der Waals surface area contributed by atoms with Crippen molar-refractivity contribution in [3.63, 3.8) is 0 Å². The molecule has 2 aliphatic rings. The minimum absolute atomic E-state index is 0. The molecule has 3 aromatic heterocycles. The summed E-state index contributed by atoms with van der Waals surface area (Å²) in [7, 11) is -4.21. The molecular weight excluding hydrogens is 904 g/mol. The molecular formula is C56H39N5O4SZn. The zero-order chi connectivity index (χ0) is 45.4. The molecule has 0 radical (unpaired) electrons. The molecule has 0 spiro atoms. The van der Waals surface area contributed by atoms with Gasteiger partial charge in [-0.3, -0.25) is 10.1 Å². The normalized spacial score (nSPS) is 12.3. The molecule has 0 saturated carbocycles. The summed E-state index contributed by atoms with van der Waals surface area (Å²) in [5.74, 6) is 0. The molecule has 5 aromatic carbocycles. The fourth-order valence-corrected chi connectivity index (χ4v) is 10.5. The third-order valence-electron chi connectivity index (χ3n) is 11.8. The van der Waals surface area contributed by atoms with Gasteiger partial charge >= 0.3 is 19.5 Å². The van der Waals surface area contributed by atoms with Gasteiger partial charge in [0.1, 0.15) is 5.25 Å². The van der Waals surface area contributed by atoms with Crippen molar-refractivity contribution in [1.29, 1.82) is 0 Å². The molecule has 1 unspecified atom stereocenters. The van der Waals surface area contributed by atoms with Gasteiger partial charge in [0.25, 0.3) is 5.69 Å². The first-order valence-corrected chi connectivity index (χ1v) is 22.8. The van der Waals surface area contributed by atoms with Crippen molar-refractivity contribution in [3.8, 4) is 44.5 Å². The van der Waals surface area contributed by atoms with E-state index in [-0.39, 0.29) is 42.0 Å². The molecule has 5 heterocycles. The fourth-order valence-electron chi connectivity index (χ4n) is 8.70. The third kappa shape index (κ3) is 8.47. The standard InChI is InChI=1S/C56H39N5O4S.Zn/c1-3-36(2)34-52(66(64,65)41-22-14-7-15-23-41)42-35-40(24-33-51(42)61(62)63)56-49-31-29-47(59-49)54(38-18-10-5-11-19-38)45-27-25-43(57-45)53(37-16-8-4-9-17-37)44-26-28-46(58-44)55(39-20-12-6-13-21-39)48-30-32-50(56)60-48;/h3-33,35,52H,1-2,34H2;/q-2;+2. The summed E-state index contributed by atoms with van der Waals surface area (Å²) in [6.45, 7) is 7.86. The van der Waals surface area contributed by atoms with E-state index in [9.17, 15) is 18.5 Å². The Kier molecular flexibility index (Phi) is 12.3. The summed E-state index contributed by atoms with van der Waals surface area (Å²) >= 11 is 0. The van der Waals surface area contributed by atoms with Crippen LogP contribution in [0.2, 0.25) is 0 Å². The molecule has 0 fully saturated rings. The third-order valence-corrected chi connectivity index (χ3v) is 13.9. The Morgan fingerprint density at radius 1 is 0.567 bits per heavy atom. The van der Waals surface area contributed by atoms with Crippen molar-refractivity contribution in [2.24, 2.45) is 0 Å². The number of aromatic nitrogens is 4. The average Bonchev–Trinajstić information content (AvgIpc) is 4.20. The van der Waals surface area contributed by atoms with Crippen LogP contribution in [-0.4, -0.2) is 23.3 Å². The van der Waals surface area contributed by atoms with E-state index < -0.39 is 20.0 Å². The zero-order valence-electron chi connectivity index (χ0n) is 36.2. The zero-order valence-corrected chi connectivity index (χ0v) is 39.9. The van der Waals surface area contributed by atoms with Crippen molar-refractivity contribution in [2.45, 2.75) is 16.6 Å². The van der Waals surface area contributed by atoms with E-state index in [4.69, 9.17) is 19.9 Å². The predicted molar refractivity (Wildman–Crippen MR) is 266 cm³/mol. The molecule has 2 aliphatic heterocycles. The maximum absolute atomic E-state index is 14.6. The van der Waals surface area contributed by atoms with Gasteiger partial charge < -0.3 is 9.97 Å². The van der Waals surface area contributed by atoms with Gasteiger partial charge in [-0.15, -0.1) is 22.1 Å². The number of nitro groups is 1. The summed E-state index contributed by atoms with van der Waals surface area (Å²) in [5, 5.41) is 11.5. The largest absolute Gasteiger partial charge is 2.00 e. The van der Waals surface area contributed by atoms with Crippen LogP contribution in [0.4, 0.5) is 5.69 Å². The van der Waals surface area contributed by atoms with Crippen molar-refractivity contribution in [1.82, 2.24) is 19.9 Å². The molecule has 320 valence electrons. The Morgan fingerprint density at radius 3 is 1.31 bits per heavy atom. The number of benzene rings is 5. The summed E-state index contributed by atoms with van der Waals surface area (Å²) in [6.07, 6.45) is 9.19. The molecule has 8 aromatic rings. The molecule has 9 nitrogen and oxygen atoms in total. The number of allylic oxidation sites excluding steroid dienone is 2. The number of fused-ring (bicyclic) bond motifs is 8. The minimum Gasteiger partial charge on any atom is -0.657 e. The fraction of sp³-hybridized carbons (Fsp3) is 0.0357. The van der Waals surface area contributed by atoms with Gasteiger partial charge in [-0.1, -0.05) is 158 Å². The number of nitro benzene ring substituents is 1. The van der Waals surface area contributed by atoms with E-state index in [0.717, 1.165) is 44.6 Å². The van der Waals surface area contributed by atoms with Crippen LogP contribution in [-0.2, 0) is 29.3 Å². The maximum Gasteiger partial charge on any atom is 2.00 e. The Balaban J connectivity index is 0.00000562. The molecule has 11 heteroatoms. The first kappa shape index (κ1) is 44.4. The summed E-state index contributed by atoms with van der Waals surface area (Å²) in [5.41, 5.74) is 11.5. The van der Waals surface area contributed by atoms with Crippen LogP contribution in [0.3, 0.4) is 0 Å². The molecule has 0 amide bonds. The Bertz CT molecular complexity index is 3550. The number of nitrogens with zero attached hydrogens (tertiary/aromatic N) is 5. The summed E-state index contributed by atoms with van der Waals surface area (Å²) in [4.78, 5) is 33.6. The molecule has 10 rings (SSSR count). The van der Waals surface area contributed by atoms with Gasteiger partial charge in [0.2, 0.25) is 0 Å². The average molecular weight is 943 g/mol. The first-order chi connectivity index (χ1) is 32.2. The number of hydrogen-bond acceptors (Lipinski definition) is 6. The van der Waals surface area contributed by atoms with Crippen LogP contribution < -0.4 is 9.97 Å². The number of sulfone groups is 1. The van der Waals surface area contributed by atoms with E-state index in [0.29, 0.717) is 50.3 Å². The van der Waals surface area contributed by atoms with Crippen molar-refractivity contribution >= 4 is 61.9 Å². The van der Waals surface area contributed by atoms with Gasteiger partial charge in [-0.2, -0.15) is 0 Å². The quantitative estimate of drug-likeness (QED) is 0.0542. The van der Waals surface area contributed by atoms with Crippen LogP contribution in [0.5, 0.6) is 0 Å². The van der Waals surface area contributed by atoms with E-state index in [1.54, 1.807) is 30.3 Å². The van der Waals surface area contributed by atoms with Gasteiger partial charge in [0, 0.05) is 11.6 Å². The van der Waals surface area contributed by atoms with E-state index in [2.05, 4.69) is 25.3 Å². The smallest absolute Gasteiger partial charge is 0.657 e. The van der Waals surface area contributed by atoms with Crippen molar-refractivity contribution in [3.05, 3.63) is 227 Å². The van der Waals surface area contributed by atoms with Gasteiger partial charge in [0.05, 0.1) is 32.6 Å². The first-order valence-electron chi connectivity index (χ1n) is 21.3. The van der Waals surface area contributed by atoms with E-state index in [1.165, 1.54) is 24.3 Å². The molecule has 67 heavy (non-hydrogen) atoms. The van der Waals surface area contributed by atoms with Gasteiger partial charge in [0.15, 0.2) is 9.84 Å². The van der Waals surface area contributed by atoms with Crippen molar-refractivity contribution in [2.75, 3.05) is 0 Å². The van der Waals surface area contributed by atoms with Crippen LogP contribution in [0.25, 0.3) is 90.9 Å². The van der Waals surface area contributed by atoms with Gasteiger partial charge in [-0.25, -0.2) is 18.4 Å². The Hall–Kier alpha value is -7.85. The van der Waals surface area contributed by atoms with Crippen LogP contribution in [0, 0.1) is 10.1 Å². The molecule has 0 saturated heterocycles. The minimum atomic E-state index is -4.21. The second-order valence-corrected chi connectivity index (χ2v) is 18.0. The topological polar surface area (TPSA) is 131 Å². The van der Waals surface area contributed by atoms with Crippen LogP contribution in [0.15, 0.2) is 193 Å². The number of hydrogen-bond donors (Lipinski definition) is 0. The van der Waals surface area contributed by atoms with E-state index in [1.807, 2.05) is 127 Å². The van der Waals surface area contributed by atoms with Crippen LogP contribution >= 0.6 is 0 Å². The molecule has 0 aliphatic carbocycles.